The Morgan fingerprint density at radius 1 is 0.787 bits per heavy atom. The summed E-state index contributed by atoms with van der Waals surface area (Å²) in [7, 11) is 0. The summed E-state index contributed by atoms with van der Waals surface area (Å²) in [5.74, 6) is 1.22. The Kier molecular flexibility index (Phi) is 6.83. The third kappa shape index (κ3) is 5.19. The molecule has 0 saturated heterocycles. The van der Waals surface area contributed by atoms with Crippen LogP contribution in [-0.2, 0) is 21.1 Å². The average molecular weight is 792 g/mol. The molecule has 4 heterocycles. The van der Waals surface area contributed by atoms with Gasteiger partial charge in [0.15, 0.2) is 0 Å². The summed E-state index contributed by atoms with van der Waals surface area (Å²) in [6.45, 7) is 9.73. The number of fused-ring (bicyclic) bond motifs is 4. The van der Waals surface area contributed by atoms with Crippen LogP contribution in [0.1, 0.15) is 20.9 Å². The zero-order valence-electron chi connectivity index (χ0n) is 28.4. The van der Waals surface area contributed by atoms with Crippen LogP contribution in [0.25, 0.3) is 60.3 Å². The fraction of sp³-hybridized carbons (Fsp3) is 0.0750. The Morgan fingerprint density at radius 3 is 2.45 bits per heavy atom. The molecule has 47 heavy (non-hydrogen) atoms. The van der Waals surface area contributed by atoms with Gasteiger partial charge in [0, 0.05) is 44.9 Å². The molecule has 6 nitrogen and oxygen atoms in total. The molecule has 228 valence electrons. The topological polar surface area (TPSA) is 49.2 Å². The molecule has 0 N–H and O–H groups in total. The molecule has 0 fully saturated rings. The van der Waals surface area contributed by atoms with Crippen LogP contribution in [0.5, 0.6) is 11.5 Å². The zero-order valence-corrected chi connectivity index (χ0v) is 27.6. The Morgan fingerprint density at radius 2 is 1.62 bits per heavy atom. The number of para-hydroxylation sites is 2. The second-order valence-corrected chi connectivity index (χ2v) is 11.1. The monoisotopic (exact) mass is 791 g/mol. The SMILES string of the molecule is [2H]C([2H])([2H])c1ccnc(-n2c3[c-]c(Oc4[c-]c(-c5cc6c(C)c(C)n(-c7ccccc7)c6cn5)cc([N+]#[C-])c4)ccc3c3ccccc32)c1.[Pt+2]. The minimum Gasteiger partial charge on any atom is -0.504 e. The Bertz CT molecular complexity index is 2620. The molecule has 0 atom stereocenters. The normalized spacial score (nSPS) is 12.3. The van der Waals surface area contributed by atoms with E-state index in [1.807, 2.05) is 71.4 Å². The number of rotatable bonds is 5. The molecule has 8 aromatic rings. The Labute approximate surface area is 291 Å². The van der Waals surface area contributed by atoms with E-state index in [0.717, 1.165) is 44.1 Å². The van der Waals surface area contributed by atoms with Crippen LogP contribution in [-0.4, -0.2) is 19.1 Å². The van der Waals surface area contributed by atoms with E-state index in [9.17, 15) is 0 Å². The number of pyridine rings is 2. The summed E-state index contributed by atoms with van der Waals surface area (Å²) in [6, 6.07) is 37.1. The van der Waals surface area contributed by atoms with E-state index in [1.165, 1.54) is 12.3 Å². The molecule has 0 bridgehead atoms. The van der Waals surface area contributed by atoms with Gasteiger partial charge in [-0.2, -0.15) is 6.07 Å². The van der Waals surface area contributed by atoms with Gasteiger partial charge in [-0.1, -0.05) is 60.1 Å². The van der Waals surface area contributed by atoms with Crippen molar-refractivity contribution in [1.29, 1.82) is 0 Å². The van der Waals surface area contributed by atoms with Crippen molar-refractivity contribution in [1.82, 2.24) is 19.1 Å². The maximum absolute atomic E-state index is 7.93. The zero-order chi connectivity index (χ0) is 33.9. The molecule has 0 aliphatic rings. The molecule has 0 spiro atoms. The van der Waals surface area contributed by atoms with Crippen molar-refractivity contribution in [3.63, 3.8) is 0 Å². The Hall–Kier alpha value is -5.50. The summed E-state index contributed by atoms with van der Waals surface area (Å²) < 4.78 is 34.2. The predicted octanol–water partition coefficient (Wildman–Crippen LogP) is 10.1. The maximum Gasteiger partial charge on any atom is 2.00 e. The van der Waals surface area contributed by atoms with E-state index >= 15 is 0 Å². The largest absolute Gasteiger partial charge is 2.00 e. The maximum atomic E-state index is 7.93. The molecule has 0 unspecified atom stereocenters. The molecule has 7 heteroatoms. The van der Waals surface area contributed by atoms with Gasteiger partial charge >= 0.3 is 21.1 Å². The fourth-order valence-corrected chi connectivity index (χ4v) is 6.14. The van der Waals surface area contributed by atoms with E-state index in [4.69, 9.17) is 20.4 Å². The van der Waals surface area contributed by atoms with E-state index in [2.05, 4.69) is 52.5 Å². The molecule has 0 aliphatic heterocycles. The average Bonchev–Trinajstić information content (AvgIpc) is 3.57. The molecule has 8 rings (SSSR count). The second kappa shape index (κ2) is 12.0. The fourth-order valence-electron chi connectivity index (χ4n) is 6.14. The number of ether oxygens (including phenoxy) is 1. The molecule has 0 radical (unpaired) electrons. The van der Waals surface area contributed by atoms with Crippen molar-refractivity contribution in [3.05, 3.63) is 150 Å². The van der Waals surface area contributed by atoms with Crippen molar-refractivity contribution >= 4 is 38.4 Å². The predicted molar refractivity (Wildman–Crippen MR) is 183 cm³/mol. The van der Waals surface area contributed by atoms with Crippen molar-refractivity contribution in [2.24, 2.45) is 0 Å². The first kappa shape index (κ1) is 26.7. The first-order valence-corrected chi connectivity index (χ1v) is 14.8. The van der Waals surface area contributed by atoms with Crippen molar-refractivity contribution in [2.75, 3.05) is 0 Å². The van der Waals surface area contributed by atoms with Gasteiger partial charge < -0.3 is 18.9 Å². The summed E-state index contributed by atoms with van der Waals surface area (Å²) in [6.07, 6.45) is 3.38. The van der Waals surface area contributed by atoms with Crippen LogP contribution in [0.4, 0.5) is 5.69 Å². The molecule has 4 aromatic heterocycles. The first-order valence-electron chi connectivity index (χ1n) is 16.3. The van der Waals surface area contributed by atoms with Crippen molar-refractivity contribution in [2.45, 2.75) is 20.7 Å². The molecule has 4 aromatic carbocycles. The van der Waals surface area contributed by atoms with E-state index in [1.54, 1.807) is 18.2 Å². The van der Waals surface area contributed by atoms with Crippen LogP contribution in [0.3, 0.4) is 0 Å². The van der Waals surface area contributed by atoms with Gasteiger partial charge in [-0.05, 0) is 78.6 Å². The van der Waals surface area contributed by atoms with Crippen molar-refractivity contribution < 1.29 is 29.9 Å². The quantitative estimate of drug-likeness (QED) is 0.163. The van der Waals surface area contributed by atoms with Crippen molar-refractivity contribution in [3.8, 4) is 34.3 Å². The van der Waals surface area contributed by atoms with Gasteiger partial charge in [0.05, 0.1) is 12.1 Å². The third-order valence-electron chi connectivity index (χ3n) is 8.41. The number of benzene rings is 4. The van der Waals surface area contributed by atoms with E-state index in [0.29, 0.717) is 39.8 Å². The van der Waals surface area contributed by atoms with Crippen LogP contribution in [0.2, 0.25) is 0 Å². The summed E-state index contributed by atoms with van der Waals surface area (Å²) in [4.78, 5) is 13.0. The molecule has 0 saturated carbocycles. The van der Waals surface area contributed by atoms with Gasteiger partial charge in [0.1, 0.15) is 11.5 Å². The minimum absolute atomic E-state index is 0. The van der Waals surface area contributed by atoms with Gasteiger partial charge in [0.2, 0.25) is 0 Å². The number of nitrogens with zero attached hydrogens (tertiary/aromatic N) is 5. The Balaban J connectivity index is 0.00000392. The van der Waals surface area contributed by atoms with Gasteiger partial charge in [-0.25, -0.2) is 4.98 Å². The molecule has 0 aliphatic carbocycles. The smallest absolute Gasteiger partial charge is 0.504 e. The van der Waals surface area contributed by atoms with Gasteiger partial charge in [-0.15, -0.1) is 29.1 Å². The first-order chi connectivity index (χ1) is 23.7. The van der Waals surface area contributed by atoms with E-state index in [-0.39, 0.29) is 26.6 Å². The molecule has 0 amide bonds. The third-order valence-corrected chi connectivity index (χ3v) is 8.41. The number of aromatic nitrogens is 4. The summed E-state index contributed by atoms with van der Waals surface area (Å²) in [5, 5.41) is 2.95. The van der Waals surface area contributed by atoms with E-state index < -0.39 is 6.85 Å². The number of hydrogen-bond donors (Lipinski definition) is 0. The molecular weight excluding hydrogens is 762 g/mol. The van der Waals surface area contributed by atoms with Gasteiger partial charge in [-0.3, -0.25) is 4.85 Å². The number of aryl methyl sites for hydroxylation is 2. The standard InChI is InChI=1S/C40H27N5O.Pt/c1-25-16-17-42-40(18-25)45-37-13-9-8-12-33(37)34-15-14-31(22-38(34)45)46-32-20-28(19-29(21-32)41-4)36-23-35-26(2)27(3)44(39(35)24-43-36)30-10-6-5-7-11-30;/h5-19,21,23-24H,1-3H3;/q-2;+2/i1D3;. The molecular formula is C40H27N5OPt. The summed E-state index contributed by atoms with van der Waals surface area (Å²) in [5.41, 5.74) is 7.78. The van der Waals surface area contributed by atoms with Crippen LogP contribution >= 0.6 is 0 Å². The van der Waals surface area contributed by atoms with Crippen LogP contribution < -0.4 is 4.74 Å². The van der Waals surface area contributed by atoms with Crippen LogP contribution in [0.15, 0.2) is 109 Å². The summed E-state index contributed by atoms with van der Waals surface area (Å²) >= 11 is 0. The second-order valence-electron chi connectivity index (χ2n) is 11.1. The van der Waals surface area contributed by atoms with Crippen LogP contribution in [0, 0.1) is 39.4 Å². The van der Waals surface area contributed by atoms with Gasteiger partial charge in [0.25, 0.3) is 0 Å². The number of hydrogen-bond acceptors (Lipinski definition) is 3. The minimum atomic E-state index is -2.28.